The van der Waals surface area contributed by atoms with Crippen LogP contribution in [0.15, 0.2) is 4.42 Å². The Bertz CT molecular complexity index is 295. The van der Waals surface area contributed by atoms with E-state index in [1.54, 1.807) is 0 Å². The molecule has 0 spiro atoms. The molecule has 0 aromatic carbocycles. The molecule has 0 amide bonds. The van der Waals surface area contributed by atoms with Crippen LogP contribution in [0, 0.1) is 0 Å². The number of rotatable bonds is 5. The fourth-order valence-corrected chi connectivity index (χ4v) is 1.63. The van der Waals surface area contributed by atoms with Gasteiger partial charge in [-0.2, -0.15) is 0 Å². The zero-order chi connectivity index (χ0) is 10.5. The van der Waals surface area contributed by atoms with Crippen molar-refractivity contribution in [3.8, 4) is 0 Å². The second-order valence-corrected chi connectivity index (χ2v) is 3.70. The maximum atomic E-state index is 5.57. The minimum absolute atomic E-state index is 0.311. The highest BCUT2D eigenvalue weighted by atomic mass is 16.5. The Labute approximate surface area is 89.2 Å². The first-order valence-electron chi connectivity index (χ1n) is 5.51. The van der Waals surface area contributed by atoms with E-state index >= 15 is 0 Å². The molecule has 1 aliphatic rings. The minimum Gasteiger partial charge on any atom is -0.425 e. The molecule has 0 aliphatic carbocycles. The van der Waals surface area contributed by atoms with Crippen LogP contribution in [0.2, 0.25) is 0 Å². The maximum Gasteiger partial charge on any atom is 0.222 e. The number of hydrogen-bond donors (Lipinski definition) is 1. The lowest BCUT2D eigenvalue weighted by Gasteiger charge is -1.99. The zero-order valence-corrected chi connectivity index (χ0v) is 9.03. The molecule has 15 heavy (non-hydrogen) atoms. The Morgan fingerprint density at radius 2 is 2.40 bits per heavy atom. The average Bonchev–Trinajstić information content (AvgIpc) is 2.87. The summed E-state index contributed by atoms with van der Waals surface area (Å²) in [5, 5.41) is 11.3. The van der Waals surface area contributed by atoms with Gasteiger partial charge in [0.05, 0.1) is 12.5 Å². The quantitative estimate of drug-likeness (QED) is 0.727. The Morgan fingerprint density at radius 3 is 3.13 bits per heavy atom. The number of nitrogens with one attached hydrogen (secondary N) is 1. The smallest absolute Gasteiger partial charge is 0.222 e. The van der Waals surface area contributed by atoms with Gasteiger partial charge >= 0.3 is 0 Å². The highest BCUT2D eigenvalue weighted by molar-refractivity contribution is 4.93. The normalized spacial score (nSPS) is 21.0. The fourth-order valence-electron chi connectivity index (χ4n) is 1.63. The lowest BCUT2D eigenvalue weighted by molar-refractivity contribution is 0.190. The van der Waals surface area contributed by atoms with Crippen LogP contribution in [-0.4, -0.2) is 36.5 Å². The standard InChI is InChI=1S/C10H17N3O2/c1-2-11-5-3-9-12-13-10(15-9)8-4-6-14-7-8/h8,11H,2-7H2,1H3. The van der Waals surface area contributed by atoms with Gasteiger partial charge < -0.3 is 14.5 Å². The van der Waals surface area contributed by atoms with Crippen LogP contribution >= 0.6 is 0 Å². The number of hydrogen-bond acceptors (Lipinski definition) is 5. The molecule has 1 saturated heterocycles. The van der Waals surface area contributed by atoms with Crippen molar-refractivity contribution in [2.75, 3.05) is 26.3 Å². The van der Waals surface area contributed by atoms with Gasteiger partial charge in [-0.25, -0.2) is 0 Å². The van der Waals surface area contributed by atoms with Gasteiger partial charge in [-0.15, -0.1) is 10.2 Å². The van der Waals surface area contributed by atoms with Crippen molar-refractivity contribution in [2.45, 2.75) is 25.7 Å². The van der Waals surface area contributed by atoms with Crippen molar-refractivity contribution in [2.24, 2.45) is 0 Å². The summed E-state index contributed by atoms with van der Waals surface area (Å²) in [6, 6.07) is 0. The summed E-state index contributed by atoms with van der Waals surface area (Å²) in [5.74, 6) is 1.77. The summed E-state index contributed by atoms with van der Waals surface area (Å²) in [4.78, 5) is 0. The van der Waals surface area contributed by atoms with E-state index in [2.05, 4.69) is 22.4 Å². The first kappa shape index (κ1) is 10.6. The van der Waals surface area contributed by atoms with Crippen molar-refractivity contribution in [1.82, 2.24) is 15.5 Å². The van der Waals surface area contributed by atoms with Gasteiger partial charge in [-0.3, -0.25) is 0 Å². The van der Waals surface area contributed by atoms with E-state index in [0.717, 1.165) is 50.9 Å². The van der Waals surface area contributed by atoms with Gasteiger partial charge in [0.25, 0.3) is 0 Å². The predicted molar refractivity (Wildman–Crippen MR) is 54.7 cm³/mol. The number of aromatic nitrogens is 2. The monoisotopic (exact) mass is 211 g/mol. The van der Waals surface area contributed by atoms with Gasteiger partial charge in [0.1, 0.15) is 0 Å². The summed E-state index contributed by atoms with van der Waals surface area (Å²) in [6.07, 6.45) is 1.79. The molecule has 5 heteroatoms. The molecular formula is C10H17N3O2. The minimum atomic E-state index is 0.311. The Morgan fingerprint density at radius 1 is 1.47 bits per heavy atom. The van der Waals surface area contributed by atoms with Crippen molar-refractivity contribution >= 4 is 0 Å². The van der Waals surface area contributed by atoms with Gasteiger partial charge in [-0.1, -0.05) is 6.92 Å². The first-order chi connectivity index (χ1) is 7.40. The van der Waals surface area contributed by atoms with E-state index < -0.39 is 0 Å². The van der Waals surface area contributed by atoms with E-state index in [1.165, 1.54) is 0 Å². The number of nitrogens with zero attached hydrogens (tertiary/aromatic N) is 2. The lowest BCUT2D eigenvalue weighted by Crippen LogP contribution is -2.16. The Balaban J connectivity index is 1.86. The molecular weight excluding hydrogens is 194 g/mol. The molecule has 1 fully saturated rings. The van der Waals surface area contributed by atoms with Crippen molar-refractivity contribution in [3.05, 3.63) is 11.8 Å². The van der Waals surface area contributed by atoms with Crippen LogP contribution in [0.5, 0.6) is 0 Å². The largest absolute Gasteiger partial charge is 0.425 e. The molecule has 1 aromatic rings. The highest BCUT2D eigenvalue weighted by Crippen LogP contribution is 2.23. The van der Waals surface area contributed by atoms with Crippen LogP contribution in [0.4, 0.5) is 0 Å². The molecule has 5 nitrogen and oxygen atoms in total. The predicted octanol–water partition coefficient (Wildman–Crippen LogP) is 0.725. The SMILES string of the molecule is CCNCCc1nnc(C2CCOC2)o1. The van der Waals surface area contributed by atoms with Crippen molar-refractivity contribution < 1.29 is 9.15 Å². The van der Waals surface area contributed by atoms with Crippen LogP contribution in [0.3, 0.4) is 0 Å². The number of likely N-dealkylation sites (N-methyl/N-ethyl adjacent to an activating group) is 1. The maximum absolute atomic E-state index is 5.57. The second kappa shape index (κ2) is 5.23. The molecule has 0 saturated carbocycles. The molecule has 1 unspecified atom stereocenters. The van der Waals surface area contributed by atoms with E-state index in [0.29, 0.717) is 5.92 Å². The molecule has 84 valence electrons. The summed E-state index contributed by atoms with van der Waals surface area (Å²) in [7, 11) is 0. The second-order valence-electron chi connectivity index (χ2n) is 3.70. The molecule has 1 atom stereocenters. The van der Waals surface area contributed by atoms with Gasteiger partial charge in [0.2, 0.25) is 11.8 Å². The molecule has 2 heterocycles. The van der Waals surface area contributed by atoms with Crippen LogP contribution in [0.25, 0.3) is 0 Å². The highest BCUT2D eigenvalue weighted by Gasteiger charge is 2.23. The zero-order valence-electron chi connectivity index (χ0n) is 9.03. The van der Waals surface area contributed by atoms with E-state index in [1.807, 2.05) is 0 Å². The van der Waals surface area contributed by atoms with Crippen LogP contribution in [0.1, 0.15) is 31.0 Å². The molecule has 0 radical (unpaired) electrons. The third kappa shape index (κ3) is 2.76. The van der Waals surface area contributed by atoms with Gasteiger partial charge in [0.15, 0.2) is 0 Å². The third-order valence-electron chi connectivity index (χ3n) is 2.53. The van der Waals surface area contributed by atoms with Crippen molar-refractivity contribution in [1.29, 1.82) is 0 Å². The van der Waals surface area contributed by atoms with Crippen molar-refractivity contribution in [3.63, 3.8) is 0 Å². The Kier molecular flexibility index (Phi) is 3.69. The first-order valence-corrected chi connectivity index (χ1v) is 5.51. The summed E-state index contributed by atoms with van der Waals surface area (Å²) >= 11 is 0. The van der Waals surface area contributed by atoms with Gasteiger partial charge in [0, 0.05) is 19.6 Å². The summed E-state index contributed by atoms with van der Waals surface area (Å²) < 4.78 is 10.9. The van der Waals surface area contributed by atoms with E-state index in [9.17, 15) is 0 Å². The lowest BCUT2D eigenvalue weighted by atomic mass is 10.1. The van der Waals surface area contributed by atoms with E-state index in [4.69, 9.17) is 9.15 Å². The van der Waals surface area contributed by atoms with Crippen LogP contribution in [-0.2, 0) is 11.2 Å². The molecule has 1 aliphatic heterocycles. The summed E-state index contributed by atoms with van der Waals surface area (Å²) in [6.45, 7) is 5.46. The van der Waals surface area contributed by atoms with Crippen LogP contribution < -0.4 is 5.32 Å². The summed E-state index contributed by atoms with van der Waals surface area (Å²) in [5.41, 5.74) is 0. The molecule has 1 N–H and O–H groups in total. The average molecular weight is 211 g/mol. The van der Waals surface area contributed by atoms with E-state index in [-0.39, 0.29) is 0 Å². The topological polar surface area (TPSA) is 60.2 Å². The molecule has 2 rings (SSSR count). The Hall–Kier alpha value is -0.940. The van der Waals surface area contributed by atoms with Gasteiger partial charge in [-0.05, 0) is 13.0 Å². The molecule has 1 aromatic heterocycles. The third-order valence-corrected chi connectivity index (χ3v) is 2.53. The number of ether oxygens (including phenoxy) is 1. The molecule has 0 bridgehead atoms. The fraction of sp³-hybridized carbons (Fsp3) is 0.800.